The molecule has 214 valence electrons. The highest BCUT2D eigenvalue weighted by atomic mass is 32.1. The number of aromatic nitrogens is 2. The van der Waals surface area contributed by atoms with Gasteiger partial charge in [-0.2, -0.15) is 5.10 Å². The van der Waals surface area contributed by atoms with E-state index in [1.807, 2.05) is 0 Å². The molecule has 0 bridgehead atoms. The minimum Gasteiger partial charge on any atom is -0.355 e. The molecule has 6 rings (SSSR count). The molecule has 4 heterocycles. The van der Waals surface area contributed by atoms with Crippen LogP contribution in [-0.4, -0.2) is 70.0 Å². The molecule has 1 aromatic carbocycles. The van der Waals surface area contributed by atoms with Crippen molar-refractivity contribution in [3.63, 3.8) is 0 Å². The third kappa shape index (κ3) is 6.83. The number of rotatable bonds is 7. The van der Waals surface area contributed by atoms with E-state index in [0.717, 1.165) is 49.9 Å². The lowest BCUT2D eigenvalue weighted by Crippen LogP contribution is -2.41. The summed E-state index contributed by atoms with van der Waals surface area (Å²) in [6, 6.07) is 11.4. The number of anilines is 2. The SMILES string of the molecule is CC1C=CC(N2CC[C@@H](Nc3nnc(NC(=O)CC4CCC5(CC4)CCN(Cc4ccccc4)CC5)s3)C2)=NN1. The zero-order chi connectivity index (χ0) is 27.4. The number of amides is 1. The second-order valence-corrected chi connectivity index (χ2v) is 13.2. The molecule has 1 aromatic heterocycles. The highest BCUT2D eigenvalue weighted by Crippen LogP contribution is 2.47. The number of amidine groups is 1. The Hall–Kier alpha value is -2.98. The monoisotopic (exact) mass is 562 g/mol. The van der Waals surface area contributed by atoms with Gasteiger partial charge in [0.1, 0.15) is 5.84 Å². The molecule has 1 spiro atoms. The number of hydrogen-bond donors (Lipinski definition) is 3. The summed E-state index contributed by atoms with van der Waals surface area (Å²) in [4.78, 5) is 17.7. The average molecular weight is 563 g/mol. The second-order valence-electron chi connectivity index (χ2n) is 12.2. The van der Waals surface area contributed by atoms with Gasteiger partial charge in [0.2, 0.25) is 16.2 Å². The van der Waals surface area contributed by atoms with Crippen molar-refractivity contribution in [3.05, 3.63) is 48.0 Å². The summed E-state index contributed by atoms with van der Waals surface area (Å²) in [5, 5.41) is 20.8. The highest BCUT2D eigenvalue weighted by molar-refractivity contribution is 7.19. The predicted octanol–water partition coefficient (Wildman–Crippen LogP) is 4.69. The third-order valence-electron chi connectivity index (χ3n) is 9.23. The van der Waals surface area contributed by atoms with Crippen LogP contribution < -0.4 is 16.1 Å². The van der Waals surface area contributed by atoms with Gasteiger partial charge in [0.25, 0.3) is 0 Å². The van der Waals surface area contributed by atoms with Gasteiger partial charge < -0.3 is 21.0 Å². The number of likely N-dealkylation sites (tertiary alicyclic amines) is 2. The van der Waals surface area contributed by atoms with Crippen molar-refractivity contribution in [2.75, 3.05) is 36.8 Å². The largest absolute Gasteiger partial charge is 0.355 e. The molecule has 1 aliphatic carbocycles. The number of hydrazone groups is 1. The third-order valence-corrected chi connectivity index (χ3v) is 10.0. The molecule has 40 heavy (non-hydrogen) atoms. The molecular weight excluding hydrogens is 520 g/mol. The average Bonchev–Trinajstić information content (AvgIpc) is 3.62. The second kappa shape index (κ2) is 12.3. The van der Waals surface area contributed by atoms with Gasteiger partial charge >= 0.3 is 0 Å². The van der Waals surface area contributed by atoms with Crippen LogP contribution >= 0.6 is 11.3 Å². The summed E-state index contributed by atoms with van der Waals surface area (Å²) in [7, 11) is 0. The molecule has 10 heteroatoms. The molecule has 1 saturated carbocycles. The smallest absolute Gasteiger partial charge is 0.226 e. The number of nitrogens with zero attached hydrogens (tertiary/aromatic N) is 5. The first kappa shape index (κ1) is 27.2. The first-order chi connectivity index (χ1) is 19.5. The highest BCUT2D eigenvalue weighted by Gasteiger charge is 2.38. The van der Waals surface area contributed by atoms with Crippen molar-refractivity contribution in [2.45, 2.75) is 76.9 Å². The van der Waals surface area contributed by atoms with Crippen LogP contribution in [0.2, 0.25) is 0 Å². The Morgan fingerprint density at radius 2 is 1.82 bits per heavy atom. The van der Waals surface area contributed by atoms with Crippen LogP contribution in [0.25, 0.3) is 0 Å². The Kier molecular flexibility index (Phi) is 8.34. The van der Waals surface area contributed by atoms with E-state index in [4.69, 9.17) is 0 Å². The van der Waals surface area contributed by atoms with Crippen LogP contribution in [0.5, 0.6) is 0 Å². The molecule has 3 N–H and O–H groups in total. The topological polar surface area (TPSA) is 97.8 Å². The molecule has 2 atom stereocenters. The molecule has 4 aliphatic rings. The fraction of sp³-hybridized carbons (Fsp3) is 0.600. The minimum atomic E-state index is 0.0668. The van der Waals surface area contributed by atoms with Crippen molar-refractivity contribution < 1.29 is 4.79 Å². The molecule has 2 saturated heterocycles. The van der Waals surface area contributed by atoms with Crippen LogP contribution in [-0.2, 0) is 11.3 Å². The van der Waals surface area contributed by atoms with Gasteiger partial charge in [-0.05, 0) is 87.9 Å². The van der Waals surface area contributed by atoms with Gasteiger partial charge in [-0.3, -0.25) is 9.69 Å². The first-order valence-electron chi connectivity index (χ1n) is 14.9. The van der Waals surface area contributed by atoms with Gasteiger partial charge in [0, 0.05) is 32.1 Å². The number of hydrogen-bond acceptors (Lipinski definition) is 9. The van der Waals surface area contributed by atoms with Crippen molar-refractivity contribution in [1.82, 2.24) is 25.4 Å². The molecule has 9 nitrogen and oxygen atoms in total. The van der Waals surface area contributed by atoms with Crippen molar-refractivity contribution in [1.29, 1.82) is 0 Å². The predicted molar refractivity (Wildman–Crippen MR) is 161 cm³/mol. The van der Waals surface area contributed by atoms with E-state index >= 15 is 0 Å². The molecule has 3 aliphatic heterocycles. The van der Waals surface area contributed by atoms with Gasteiger partial charge in [0.05, 0.1) is 6.04 Å². The van der Waals surface area contributed by atoms with Gasteiger partial charge in [-0.25, -0.2) is 0 Å². The number of benzene rings is 1. The van der Waals surface area contributed by atoms with E-state index in [1.54, 1.807) is 0 Å². The molecule has 3 fully saturated rings. The minimum absolute atomic E-state index is 0.0668. The lowest BCUT2D eigenvalue weighted by molar-refractivity contribution is -0.117. The normalized spacial score (nSPS) is 25.0. The van der Waals surface area contributed by atoms with Gasteiger partial charge in [-0.1, -0.05) is 47.7 Å². The summed E-state index contributed by atoms with van der Waals surface area (Å²) in [5.74, 6) is 1.52. The Labute approximate surface area is 241 Å². The maximum atomic E-state index is 12.8. The fourth-order valence-electron chi connectivity index (χ4n) is 6.70. The van der Waals surface area contributed by atoms with E-state index < -0.39 is 0 Å². The van der Waals surface area contributed by atoms with Crippen molar-refractivity contribution in [3.8, 4) is 0 Å². The molecule has 0 radical (unpaired) electrons. The van der Waals surface area contributed by atoms with Crippen molar-refractivity contribution in [2.24, 2.45) is 16.4 Å². The van der Waals surface area contributed by atoms with Gasteiger partial charge in [0.15, 0.2) is 0 Å². The van der Waals surface area contributed by atoms with Crippen LogP contribution in [0.3, 0.4) is 0 Å². The summed E-state index contributed by atoms with van der Waals surface area (Å²) in [5.41, 5.74) is 5.02. The zero-order valence-electron chi connectivity index (χ0n) is 23.5. The maximum Gasteiger partial charge on any atom is 0.226 e. The molecular formula is C30H42N8OS. The number of carbonyl (C=O) groups is 1. The van der Waals surface area contributed by atoms with E-state index in [2.05, 4.69) is 90.6 Å². The van der Waals surface area contributed by atoms with Crippen LogP contribution in [0.4, 0.5) is 10.3 Å². The lowest BCUT2D eigenvalue weighted by atomic mass is 9.65. The maximum absolute atomic E-state index is 12.8. The number of piperidine rings is 1. The van der Waals surface area contributed by atoms with Gasteiger partial charge in [-0.15, -0.1) is 10.2 Å². The quantitative estimate of drug-likeness (QED) is 0.451. The zero-order valence-corrected chi connectivity index (χ0v) is 24.3. The van der Waals surface area contributed by atoms with Crippen LogP contribution in [0.1, 0.15) is 63.9 Å². The summed E-state index contributed by atoms with van der Waals surface area (Å²) < 4.78 is 0. The van der Waals surface area contributed by atoms with E-state index in [0.29, 0.717) is 22.9 Å². The summed E-state index contributed by atoms with van der Waals surface area (Å²) >= 11 is 1.42. The standard InChI is InChI=1S/C30H42N8OS/c1-22-7-8-26(34-33-22)38-16-11-25(21-38)31-28-35-36-29(40-28)32-27(39)19-23-9-12-30(13-10-23)14-17-37(18-15-30)20-24-5-3-2-4-6-24/h2-8,22-23,25,33H,9-21H2,1H3,(H,31,35)(H,32,36,39)/t22?,25-/m1/s1. The first-order valence-corrected chi connectivity index (χ1v) is 15.8. The fourth-order valence-corrected chi connectivity index (χ4v) is 7.44. The summed E-state index contributed by atoms with van der Waals surface area (Å²) in [6.45, 7) is 7.34. The van der Waals surface area contributed by atoms with Crippen molar-refractivity contribution >= 4 is 33.3 Å². The Morgan fingerprint density at radius 3 is 2.58 bits per heavy atom. The molecule has 2 aromatic rings. The Bertz CT molecular complexity index is 1200. The Morgan fingerprint density at radius 1 is 1.05 bits per heavy atom. The summed E-state index contributed by atoms with van der Waals surface area (Å²) in [6.07, 6.45) is 13.2. The van der Waals surface area contributed by atoms with Crippen LogP contribution in [0.15, 0.2) is 47.6 Å². The van der Waals surface area contributed by atoms with E-state index in [9.17, 15) is 4.79 Å². The molecule has 1 amide bonds. The number of nitrogens with one attached hydrogen (secondary N) is 3. The lowest BCUT2D eigenvalue weighted by Gasteiger charge is -2.46. The Balaban J connectivity index is 0.901. The van der Waals surface area contributed by atoms with E-state index in [1.165, 1.54) is 55.7 Å². The molecule has 1 unspecified atom stereocenters. The number of carbonyl (C=O) groups excluding carboxylic acids is 1. The van der Waals surface area contributed by atoms with E-state index in [-0.39, 0.29) is 18.0 Å². The van der Waals surface area contributed by atoms with Crippen LogP contribution in [0, 0.1) is 11.3 Å².